The second kappa shape index (κ2) is 6.99. The van der Waals surface area contributed by atoms with Gasteiger partial charge in [-0.25, -0.2) is 4.79 Å². The second-order valence-electron chi connectivity index (χ2n) is 4.54. The van der Waals surface area contributed by atoms with Crippen molar-refractivity contribution in [1.82, 2.24) is 9.55 Å². The third-order valence-corrected chi connectivity index (χ3v) is 3.45. The van der Waals surface area contributed by atoms with E-state index >= 15 is 0 Å². The molecule has 1 fully saturated rings. The molecular weight excluding hydrogens is 344 g/mol. The lowest BCUT2D eigenvalue weighted by molar-refractivity contribution is -0.0459. The van der Waals surface area contributed by atoms with E-state index in [1.54, 1.807) is 23.2 Å². The molecule has 1 aromatic rings. The van der Waals surface area contributed by atoms with Crippen molar-refractivity contribution in [3.63, 3.8) is 0 Å². The van der Waals surface area contributed by atoms with Crippen molar-refractivity contribution >= 4 is 22.0 Å². The number of halogens is 1. The Morgan fingerprint density at radius 3 is 2.86 bits per heavy atom. The third-order valence-electron chi connectivity index (χ3n) is 3.15. The van der Waals surface area contributed by atoms with Gasteiger partial charge in [0.05, 0.1) is 18.3 Å². The lowest BCUT2D eigenvalue weighted by atomic mass is 10.2. The van der Waals surface area contributed by atoms with Crippen molar-refractivity contribution in [3.05, 3.63) is 49.7 Å². The summed E-state index contributed by atoms with van der Waals surface area (Å²) in [6.07, 6.45) is 4.08. The third kappa shape index (κ3) is 3.59. The van der Waals surface area contributed by atoms with Crippen LogP contribution in [0.1, 0.15) is 18.2 Å². The highest BCUT2D eigenvalue weighted by molar-refractivity contribution is 9.11. The molecular formula is C13H15BrN2O5. The van der Waals surface area contributed by atoms with E-state index in [0.29, 0.717) is 0 Å². The molecule has 0 aliphatic carbocycles. The van der Waals surface area contributed by atoms with Crippen LogP contribution in [0, 0.1) is 0 Å². The van der Waals surface area contributed by atoms with Crippen LogP contribution in [0.4, 0.5) is 0 Å². The van der Waals surface area contributed by atoms with Crippen LogP contribution in [-0.2, 0) is 4.74 Å². The number of aliphatic hydroxyl groups is 2. The fraction of sp³-hybridized carbons (Fsp3) is 0.385. The van der Waals surface area contributed by atoms with Gasteiger partial charge in [-0.1, -0.05) is 28.1 Å². The molecule has 0 bridgehead atoms. The number of H-pyrrole nitrogens is 1. The molecule has 3 N–H and O–H groups in total. The zero-order valence-electron chi connectivity index (χ0n) is 11.0. The number of aliphatic hydroxyl groups excluding tert-OH is 2. The topological polar surface area (TPSA) is 105 Å². The number of hydrogen-bond donors (Lipinski definition) is 3. The van der Waals surface area contributed by atoms with Crippen molar-refractivity contribution in [2.75, 3.05) is 6.61 Å². The van der Waals surface area contributed by atoms with E-state index < -0.39 is 29.7 Å². The summed E-state index contributed by atoms with van der Waals surface area (Å²) in [6, 6.07) is 0. The van der Waals surface area contributed by atoms with Gasteiger partial charge in [-0.3, -0.25) is 14.3 Å². The largest absolute Gasteiger partial charge is 0.394 e. The standard InChI is InChI=1S/C13H15BrN2O5/c14-4-2-1-3-8-6-16(13(20)15-12(8)19)11-5-9(18)10(7-17)21-11/h1-4,6,9-11,17-18H,5,7H2,(H,15,19,20)/b3-1+,4-2-/t9?,10-,11-/m1/s1. The van der Waals surface area contributed by atoms with Gasteiger partial charge in [0.25, 0.3) is 5.56 Å². The van der Waals surface area contributed by atoms with Gasteiger partial charge in [0.15, 0.2) is 0 Å². The van der Waals surface area contributed by atoms with E-state index in [2.05, 4.69) is 20.9 Å². The van der Waals surface area contributed by atoms with Crippen LogP contribution >= 0.6 is 15.9 Å². The molecule has 0 spiro atoms. The second-order valence-corrected chi connectivity index (χ2v) is 5.07. The van der Waals surface area contributed by atoms with Crippen molar-refractivity contribution in [1.29, 1.82) is 0 Å². The number of ether oxygens (including phenoxy) is 1. The number of hydrogen-bond acceptors (Lipinski definition) is 5. The van der Waals surface area contributed by atoms with E-state index in [0.717, 1.165) is 0 Å². The first-order valence-corrected chi connectivity index (χ1v) is 7.21. The van der Waals surface area contributed by atoms with Crippen LogP contribution in [0.25, 0.3) is 6.08 Å². The summed E-state index contributed by atoms with van der Waals surface area (Å²) in [6.45, 7) is -0.335. The summed E-state index contributed by atoms with van der Waals surface area (Å²) in [4.78, 5) is 27.4. The zero-order chi connectivity index (χ0) is 15.4. The zero-order valence-corrected chi connectivity index (χ0v) is 12.6. The molecule has 3 atom stereocenters. The van der Waals surface area contributed by atoms with Crippen molar-refractivity contribution < 1.29 is 14.9 Å². The predicted molar refractivity (Wildman–Crippen MR) is 80.0 cm³/mol. The molecule has 1 saturated heterocycles. The number of rotatable bonds is 4. The minimum Gasteiger partial charge on any atom is -0.394 e. The lowest BCUT2D eigenvalue weighted by Gasteiger charge is -2.14. The first-order chi connectivity index (χ1) is 10.1. The van der Waals surface area contributed by atoms with Gasteiger partial charge in [0, 0.05) is 12.6 Å². The minimum atomic E-state index is -0.853. The molecule has 8 heteroatoms. The van der Waals surface area contributed by atoms with E-state index in [1.807, 2.05) is 0 Å². The van der Waals surface area contributed by atoms with Crippen molar-refractivity contribution in [2.45, 2.75) is 24.9 Å². The molecule has 0 radical (unpaired) electrons. The molecule has 0 amide bonds. The van der Waals surface area contributed by atoms with Crippen LogP contribution in [0.2, 0.25) is 0 Å². The number of nitrogens with zero attached hydrogens (tertiary/aromatic N) is 1. The van der Waals surface area contributed by atoms with E-state index in [1.165, 1.54) is 10.8 Å². The maximum Gasteiger partial charge on any atom is 0.330 e. The average Bonchev–Trinajstić information content (AvgIpc) is 2.82. The Labute approximate surface area is 128 Å². The monoisotopic (exact) mass is 358 g/mol. The van der Waals surface area contributed by atoms with E-state index in [9.17, 15) is 14.7 Å². The molecule has 2 heterocycles. The Bertz CT molecular complexity index is 663. The Hall–Kier alpha value is -1.48. The fourth-order valence-electron chi connectivity index (χ4n) is 2.09. The van der Waals surface area contributed by atoms with Crippen LogP contribution in [0.3, 0.4) is 0 Å². The summed E-state index contributed by atoms with van der Waals surface area (Å²) < 4.78 is 6.61. The van der Waals surface area contributed by atoms with Crippen LogP contribution < -0.4 is 11.2 Å². The van der Waals surface area contributed by atoms with Crippen molar-refractivity contribution in [2.24, 2.45) is 0 Å². The van der Waals surface area contributed by atoms with Gasteiger partial charge in [0.2, 0.25) is 0 Å². The molecule has 7 nitrogen and oxygen atoms in total. The van der Waals surface area contributed by atoms with Gasteiger partial charge in [0.1, 0.15) is 12.3 Å². The van der Waals surface area contributed by atoms with Crippen LogP contribution in [0.5, 0.6) is 0 Å². The van der Waals surface area contributed by atoms with Crippen LogP contribution in [0.15, 0.2) is 32.9 Å². The fourth-order valence-corrected chi connectivity index (χ4v) is 2.26. The maximum atomic E-state index is 11.8. The highest BCUT2D eigenvalue weighted by Crippen LogP contribution is 2.27. The number of aromatic amines is 1. The summed E-state index contributed by atoms with van der Waals surface area (Å²) in [5.41, 5.74) is -0.845. The summed E-state index contributed by atoms with van der Waals surface area (Å²) in [7, 11) is 0. The van der Waals surface area contributed by atoms with Gasteiger partial charge in [-0.05, 0) is 11.1 Å². The Morgan fingerprint density at radius 2 is 2.24 bits per heavy atom. The summed E-state index contributed by atoms with van der Waals surface area (Å²) >= 11 is 3.10. The SMILES string of the molecule is O=c1[nH]c(=O)n([C@H]2CC(O)[C@@H](CO)O2)cc1/C=C/C=C\Br. The van der Waals surface area contributed by atoms with E-state index in [4.69, 9.17) is 9.84 Å². The number of aromatic nitrogens is 2. The molecule has 0 aromatic carbocycles. The van der Waals surface area contributed by atoms with Crippen molar-refractivity contribution in [3.8, 4) is 0 Å². The molecule has 1 aliphatic heterocycles. The lowest BCUT2D eigenvalue weighted by Crippen LogP contribution is -2.33. The van der Waals surface area contributed by atoms with Gasteiger partial charge >= 0.3 is 5.69 Å². The first kappa shape index (κ1) is 15.9. The number of allylic oxidation sites excluding steroid dienone is 2. The Balaban J connectivity index is 2.34. The quantitative estimate of drug-likeness (QED) is 0.662. The highest BCUT2D eigenvalue weighted by atomic mass is 79.9. The van der Waals surface area contributed by atoms with Crippen LogP contribution in [-0.4, -0.2) is 38.6 Å². The predicted octanol–water partition coefficient (Wildman–Crippen LogP) is 0.0991. The Morgan fingerprint density at radius 1 is 1.48 bits per heavy atom. The summed E-state index contributed by atoms with van der Waals surface area (Å²) in [5.74, 6) is 0. The van der Waals surface area contributed by atoms with Gasteiger partial charge in [-0.15, -0.1) is 0 Å². The molecule has 0 saturated carbocycles. The molecule has 114 valence electrons. The average molecular weight is 359 g/mol. The maximum absolute atomic E-state index is 11.8. The number of nitrogens with one attached hydrogen (secondary N) is 1. The normalized spacial score (nSPS) is 26.1. The minimum absolute atomic E-state index is 0.168. The molecule has 21 heavy (non-hydrogen) atoms. The van der Waals surface area contributed by atoms with E-state index in [-0.39, 0.29) is 18.6 Å². The van der Waals surface area contributed by atoms with Gasteiger partial charge < -0.3 is 14.9 Å². The highest BCUT2D eigenvalue weighted by Gasteiger charge is 2.35. The first-order valence-electron chi connectivity index (χ1n) is 6.30. The molecule has 2 rings (SSSR count). The summed E-state index contributed by atoms with van der Waals surface area (Å²) in [5, 5.41) is 18.8. The van der Waals surface area contributed by atoms with Gasteiger partial charge in [-0.2, -0.15) is 0 Å². The molecule has 1 aromatic heterocycles. The Kier molecular flexibility index (Phi) is 5.29. The smallest absolute Gasteiger partial charge is 0.330 e. The molecule has 1 aliphatic rings. The molecule has 1 unspecified atom stereocenters.